The van der Waals surface area contributed by atoms with Crippen LogP contribution in [0.25, 0.3) is 0 Å². The Labute approximate surface area is 102 Å². The standard InChI is InChI=1S/C12H21N3S/c1-10(2)15-7-3-4-12(13,5-8-15)11-14-6-9-16-11/h6,9-10H,3-5,7-8,13H2,1-2H3. The number of hydrogen-bond donors (Lipinski definition) is 1. The summed E-state index contributed by atoms with van der Waals surface area (Å²) in [7, 11) is 0. The van der Waals surface area contributed by atoms with Gasteiger partial charge in [0.1, 0.15) is 5.01 Å². The van der Waals surface area contributed by atoms with E-state index in [0.29, 0.717) is 6.04 Å². The molecule has 0 saturated carbocycles. The second-order valence-electron chi connectivity index (χ2n) is 4.98. The highest BCUT2D eigenvalue weighted by Gasteiger charge is 2.32. The predicted molar refractivity (Wildman–Crippen MR) is 68.5 cm³/mol. The SMILES string of the molecule is CC(C)N1CCCC(N)(c2nccs2)CC1. The number of likely N-dealkylation sites (tertiary alicyclic amines) is 1. The van der Waals surface area contributed by atoms with Gasteiger partial charge in [0.15, 0.2) is 0 Å². The van der Waals surface area contributed by atoms with Crippen LogP contribution >= 0.6 is 11.3 Å². The molecular weight excluding hydrogens is 218 g/mol. The third kappa shape index (κ3) is 2.44. The summed E-state index contributed by atoms with van der Waals surface area (Å²) in [4.78, 5) is 6.91. The average Bonchev–Trinajstić information content (AvgIpc) is 2.70. The van der Waals surface area contributed by atoms with Gasteiger partial charge in [-0.2, -0.15) is 0 Å². The molecule has 1 aliphatic rings. The number of nitrogens with zero attached hydrogens (tertiary/aromatic N) is 2. The van der Waals surface area contributed by atoms with E-state index in [2.05, 4.69) is 23.7 Å². The molecule has 3 nitrogen and oxygen atoms in total. The zero-order valence-electron chi connectivity index (χ0n) is 10.1. The summed E-state index contributed by atoms with van der Waals surface area (Å²) in [6.45, 7) is 6.77. The first-order valence-electron chi connectivity index (χ1n) is 6.05. The van der Waals surface area contributed by atoms with E-state index in [0.717, 1.165) is 24.4 Å². The third-order valence-corrected chi connectivity index (χ3v) is 4.49. The van der Waals surface area contributed by atoms with Gasteiger partial charge >= 0.3 is 0 Å². The minimum atomic E-state index is -0.183. The Hall–Kier alpha value is -0.450. The molecule has 2 N–H and O–H groups in total. The van der Waals surface area contributed by atoms with Crippen molar-refractivity contribution in [3.8, 4) is 0 Å². The van der Waals surface area contributed by atoms with Gasteiger partial charge in [0.25, 0.3) is 0 Å². The Morgan fingerprint density at radius 2 is 2.25 bits per heavy atom. The lowest BCUT2D eigenvalue weighted by atomic mass is 9.93. The molecular formula is C12H21N3S. The lowest BCUT2D eigenvalue weighted by molar-refractivity contribution is 0.225. The normalized spacial score (nSPS) is 28.2. The number of nitrogens with two attached hydrogens (primary N) is 1. The van der Waals surface area contributed by atoms with Gasteiger partial charge in [-0.25, -0.2) is 4.98 Å². The molecule has 90 valence electrons. The zero-order valence-corrected chi connectivity index (χ0v) is 11.0. The lowest BCUT2D eigenvalue weighted by Gasteiger charge is -2.27. The van der Waals surface area contributed by atoms with Gasteiger partial charge in [-0.1, -0.05) is 0 Å². The van der Waals surface area contributed by atoms with Gasteiger partial charge in [-0.3, -0.25) is 0 Å². The van der Waals surface area contributed by atoms with Crippen molar-refractivity contribution in [1.82, 2.24) is 9.88 Å². The molecule has 2 heterocycles. The van der Waals surface area contributed by atoms with Crippen molar-refractivity contribution in [3.05, 3.63) is 16.6 Å². The van der Waals surface area contributed by atoms with Crippen LogP contribution in [0.4, 0.5) is 0 Å². The van der Waals surface area contributed by atoms with E-state index in [9.17, 15) is 0 Å². The van der Waals surface area contributed by atoms with E-state index >= 15 is 0 Å². The van der Waals surface area contributed by atoms with Crippen molar-refractivity contribution in [2.45, 2.75) is 44.7 Å². The van der Waals surface area contributed by atoms with Gasteiger partial charge < -0.3 is 10.6 Å². The molecule has 0 aliphatic carbocycles. The van der Waals surface area contributed by atoms with Crippen LogP contribution in [-0.2, 0) is 5.54 Å². The number of rotatable bonds is 2. The molecule has 1 aromatic rings. The molecule has 1 fully saturated rings. The van der Waals surface area contributed by atoms with E-state index < -0.39 is 0 Å². The fourth-order valence-electron chi connectivity index (χ4n) is 2.38. The highest BCUT2D eigenvalue weighted by atomic mass is 32.1. The van der Waals surface area contributed by atoms with Crippen molar-refractivity contribution >= 4 is 11.3 Å². The smallest absolute Gasteiger partial charge is 0.112 e. The molecule has 0 bridgehead atoms. The summed E-state index contributed by atoms with van der Waals surface area (Å²) in [5.74, 6) is 0. The van der Waals surface area contributed by atoms with Crippen LogP contribution in [0.15, 0.2) is 11.6 Å². The van der Waals surface area contributed by atoms with Crippen LogP contribution in [0.1, 0.15) is 38.1 Å². The molecule has 0 spiro atoms. The zero-order chi connectivity index (χ0) is 11.6. The average molecular weight is 239 g/mol. The highest BCUT2D eigenvalue weighted by Crippen LogP contribution is 2.31. The Bertz CT molecular complexity index is 323. The minimum absolute atomic E-state index is 0.183. The topological polar surface area (TPSA) is 42.1 Å². The first kappa shape index (κ1) is 12.0. The van der Waals surface area contributed by atoms with Crippen LogP contribution in [0.2, 0.25) is 0 Å². The van der Waals surface area contributed by atoms with Crippen molar-refractivity contribution in [2.24, 2.45) is 5.73 Å². The highest BCUT2D eigenvalue weighted by molar-refractivity contribution is 7.09. The van der Waals surface area contributed by atoms with E-state index in [1.807, 2.05) is 11.6 Å². The fraction of sp³-hybridized carbons (Fsp3) is 0.750. The molecule has 1 aliphatic heterocycles. The monoisotopic (exact) mass is 239 g/mol. The summed E-state index contributed by atoms with van der Waals surface area (Å²) < 4.78 is 0. The maximum atomic E-state index is 6.51. The molecule has 0 amide bonds. The van der Waals surface area contributed by atoms with Gasteiger partial charge in [-0.15, -0.1) is 11.3 Å². The maximum absolute atomic E-state index is 6.51. The van der Waals surface area contributed by atoms with E-state index in [-0.39, 0.29) is 5.54 Å². The summed E-state index contributed by atoms with van der Waals surface area (Å²) in [6.07, 6.45) is 5.12. The van der Waals surface area contributed by atoms with Crippen molar-refractivity contribution in [1.29, 1.82) is 0 Å². The van der Waals surface area contributed by atoms with Gasteiger partial charge in [0.05, 0.1) is 5.54 Å². The predicted octanol–water partition coefficient (Wildman–Crippen LogP) is 2.19. The van der Waals surface area contributed by atoms with Crippen LogP contribution in [0, 0.1) is 0 Å². The third-order valence-electron chi connectivity index (χ3n) is 3.50. The fourth-order valence-corrected chi connectivity index (χ4v) is 3.19. The molecule has 4 heteroatoms. The van der Waals surface area contributed by atoms with Crippen molar-refractivity contribution in [3.63, 3.8) is 0 Å². The van der Waals surface area contributed by atoms with E-state index in [1.54, 1.807) is 11.3 Å². The molecule has 0 radical (unpaired) electrons. The van der Waals surface area contributed by atoms with Gasteiger partial charge in [-0.05, 0) is 39.7 Å². The summed E-state index contributed by atoms with van der Waals surface area (Å²) in [5.41, 5.74) is 6.33. The lowest BCUT2D eigenvalue weighted by Crippen LogP contribution is -2.38. The van der Waals surface area contributed by atoms with E-state index in [1.165, 1.54) is 13.0 Å². The Morgan fingerprint density at radius 3 is 2.88 bits per heavy atom. The Balaban J connectivity index is 2.08. The number of aromatic nitrogens is 1. The first-order chi connectivity index (χ1) is 7.62. The summed E-state index contributed by atoms with van der Waals surface area (Å²) in [5, 5.41) is 3.13. The number of hydrogen-bond acceptors (Lipinski definition) is 4. The molecule has 16 heavy (non-hydrogen) atoms. The molecule has 0 aromatic carbocycles. The molecule has 1 aromatic heterocycles. The van der Waals surface area contributed by atoms with Crippen LogP contribution in [0.3, 0.4) is 0 Å². The van der Waals surface area contributed by atoms with Crippen LogP contribution < -0.4 is 5.73 Å². The van der Waals surface area contributed by atoms with Crippen molar-refractivity contribution < 1.29 is 0 Å². The van der Waals surface area contributed by atoms with Crippen LogP contribution in [0.5, 0.6) is 0 Å². The largest absolute Gasteiger partial charge is 0.319 e. The van der Waals surface area contributed by atoms with Gasteiger partial charge in [0.2, 0.25) is 0 Å². The Kier molecular flexibility index (Phi) is 3.62. The quantitative estimate of drug-likeness (QED) is 0.860. The minimum Gasteiger partial charge on any atom is -0.319 e. The second kappa shape index (κ2) is 4.82. The summed E-state index contributed by atoms with van der Waals surface area (Å²) >= 11 is 1.69. The molecule has 1 atom stereocenters. The van der Waals surface area contributed by atoms with Crippen LogP contribution in [-0.4, -0.2) is 29.0 Å². The number of thiazole rings is 1. The second-order valence-corrected chi connectivity index (χ2v) is 5.87. The molecule has 1 unspecified atom stereocenters. The molecule has 1 saturated heterocycles. The first-order valence-corrected chi connectivity index (χ1v) is 6.93. The van der Waals surface area contributed by atoms with E-state index in [4.69, 9.17) is 5.73 Å². The van der Waals surface area contributed by atoms with Crippen molar-refractivity contribution in [2.75, 3.05) is 13.1 Å². The summed E-state index contributed by atoms with van der Waals surface area (Å²) in [6, 6.07) is 0.624. The van der Waals surface area contributed by atoms with Gasteiger partial charge in [0, 0.05) is 24.2 Å². The molecule has 2 rings (SSSR count). The Morgan fingerprint density at radius 1 is 1.44 bits per heavy atom. The maximum Gasteiger partial charge on any atom is 0.112 e.